The third kappa shape index (κ3) is 2.44. The van der Waals surface area contributed by atoms with E-state index in [0.717, 1.165) is 0 Å². The first-order chi connectivity index (χ1) is 5.50. The number of allylic oxidation sites excluding steroid dienone is 1. The molecule has 0 aromatic rings. The summed E-state index contributed by atoms with van der Waals surface area (Å²) in [6.45, 7) is 0.613. The highest BCUT2D eigenvalue weighted by molar-refractivity contribution is 8.03. The van der Waals surface area contributed by atoms with E-state index in [4.69, 9.17) is 0 Å². The zero-order valence-electron chi connectivity index (χ0n) is 5.94. The van der Waals surface area contributed by atoms with E-state index in [9.17, 15) is 18.0 Å². The van der Waals surface area contributed by atoms with E-state index in [0.29, 0.717) is 23.4 Å². The van der Waals surface area contributed by atoms with Gasteiger partial charge in [0, 0.05) is 18.4 Å². The van der Waals surface area contributed by atoms with Crippen molar-refractivity contribution in [3.8, 4) is 0 Å². The Balaban J connectivity index is 2.60. The van der Waals surface area contributed by atoms with Gasteiger partial charge in [-0.3, -0.25) is 4.79 Å². The van der Waals surface area contributed by atoms with Crippen molar-refractivity contribution in [2.45, 2.75) is 6.18 Å². The average Bonchev–Trinajstić information content (AvgIpc) is 2.37. The van der Waals surface area contributed by atoms with Crippen molar-refractivity contribution in [3.05, 3.63) is 11.1 Å². The van der Waals surface area contributed by atoms with Crippen LogP contribution in [0.5, 0.6) is 0 Å². The molecule has 0 radical (unpaired) electrons. The highest BCUT2D eigenvalue weighted by Gasteiger charge is 2.37. The summed E-state index contributed by atoms with van der Waals surface area (Å²) in [6.07, 6.45) is -4.16. The van der Waals surface area contributed by atoms with Crippen molar-refractivity contribution in [2.24, 2.45) is 0 Å². The quantitative estimate of drug-likeness (QED) is 0.642. The number of halogens is 3. The molecule has 0 amide bonds. The Bertz CT molecular complexity index is 215. The van der Waals surface area contributed by atoms with Gasteiger partial charge in [0.2, 0.25) is 0 Å². The number of carbonyl (C=O) groups excluding carboxylic acids is 1. The first-order valence-corrected chi connectivity index (χ1v) is 4.18. The third-order valence-electron chi connectivity index (χ3n) is 1.20. The monoisotopic (exact) mass is 197 g/mol. The van der Waals surface area contributed by atoms with E-state index in [1.807, 2.05) is 0 Å². The molecule has 1 aliphatic heterocycles. The molecule has 0 unspecified atom stereocenters. The van der Waals surface area contributed by atoms with Crippen LogP contribution in [0, 0.1) is 0 Å². The summed E-state index contributed by atoms with van der Waals surface area (Å²) in [4.78, 5) is 10.4. The van der Waals surface area contributed by atoms with Crippen molar-refractivity contribution < 1.29 is 18.0 Å². The van der Waals surface area contributed by atoms with Crippen LogP contribution in [0.3, 0.4) is 0 Å². The Morgan fingerprint density at radius 1 is 1.58 bits per heavy atom. The Hall–Kier alpha value is -0.650. The molecule has 0 saturated carbocycles. The van der Waals surface area contributed by atoms with E-state index in [2.05, 4.69) is 5.32 Å². The molecule has 0 aromatic carbocycles. The molecule has 0 aliphatic carbocycles. The molecule has 1 heterocycles. The summed E-state index contributed by atoms with van der Waals surface area (Å²) in [7, 11) is 0. The largest absolute Gasteiger partial charge is 0.454 e. The maximum atomic E-state index is 11.7. The van der Waals surface area contributed by atoms with Gasteiger partial charge in [0.1, 0.15) is 0 Å². The number of ketones is 1. The zero-order valence-corrected chi connectivity index (χ0v) is 6.76. The van der Waals surface area contributed by atoms with Crippen LogP contribution in [-0.4, -0.2) is 24.3 Å². The smallest absolute Gasteiger partial charge is 0.379 e. The molecule has 6 heteroatoms. The summed E-state index contributed by atoms with van der Waals surface area (Å²) in [5.74, 6) is -1.10. The van der Waals surface area contributed by atoms with Gasteiger partial charge < -0.3 is 5.32 Å². The molecule has 1 saturated heterocycles. The van der Waals surface area contributed by atoms with Gasteiger partial charge in [0.05, 0.1) is 5.03 Å². The molecule has 12 heavy (non-hydrogen) atoms. The van der Waals surface area contributed by atoms with Crippen molar-refractivity contribution in [1.82, 2.24) is 5.32 Å². The predicted octanol–water partition coefficient (Wildman–Crippen LogP) is 1.30. The maximum Gasteiger partial charge on any atom is 0.454 e. The number of hydrogen-bond acceptors (Lipinski definition) is 3. The number of alkyl halides is 3. The van der Waals surface area contributed by atoms with E-state index in [1.165, 1.54) is 11.8 Å². The van der Waals surface area contributed by atoms with Crippen LogP contribution in [0.25, 0.3) is 0 Å². The molecule has 1 aliphatic rings. The van der Waals surface area contributed by atoms with Gasteiger partial charge >= 0.3 is 6.18 Å². The van der Waals surface area contributed by atoms with Crippen molar-refractivity contribution >= 4 is 17.5 Å². The van der Waals surface area contributed by atoms with E-state index >= 15 is 0 Å². The second kappa shape index (κ2) is 3.38. The van der Waals surface area contributed by atoms with Gasteiger partial charge in [-0.05, 0) is 0 Å². The second-order valence-electron chi connectivity index (χ2n) is 2.15. The molecule has 1 fully saturated rings. The fourth-order valence-corrected chi connectivity index (χ4v) is 1.50. The number of thioether (sulfide) groups is 1. The van der Waals surface area contributed by atoms with Gasteiger partial charge in [-0.15, -0.1) is 11.8 Å². The SMILES string of the molecule is O=C(C=C1NCCS1)C(F)(F)F. The second-order valence-corrected chi connectivity index (χ2v) is 3.28. The molecule has 2 nitrogen and oxygen atoms in total. The topological polar surface area (TPSA) is 29.1 Å². The fourth-order valence-electron chi connectivity index (χ4n) is 0.680. The summed E-state index contributed by atoms with van der Waals surface area (Å²) < 4.78 is 35.0. The molecular weight excluding hydrogens is 191 g/mol. The summed E-state index contributed by atoms with van der Waals surface area (Å²) in [5.41, 5.74) is 0. The number of nitrogens with one attached hydrogen (secondary N) is 1. The first-order valence-electron chi connectivity index (χ1n) is 3.19. The van der Waals surface area contributed by atoms with Gasteiger partial charge in [-0.2, -0.15) is 13.2 Å². The van der Waals surface area contributed by atoms with E-state index < -0.39 is 12.0 Å². The molecular formula is C6H6F3NOS. The first kappa shape index (κ1) is 9.44. The standard InChI is InChI=1S/C6H6F3NOS/c7-6(8,9)4(11)3-5-10-1-2-12-5/h3,10H,1-2H2. The Labute approximate surface area is 71.2 Å². The number of hydrogen-bond donors (Lipinski definition) is 1. The lowest BCUT2D eigenvalue weighted by atomic mass is 10.4. The lowest BCUT2D eigenvalue weighted by molar-refractivity contribution is -0.165. The van der Waals surface area contributed by atoms with Crippen molar-refractivity contribution in [3.63, 3.8) is 0 Å². The summed E-state index contributed by atoms with van der Waals surface area (Å²) in [6, 6.07) is 0. The minimum atomic E-state index is -4.75. The van der Waals surface area contributed by atoms with Crippen LogP contribution in [0.2, 0.25) is 0 Å². The maximum absolute atomic E-state index is 11.7. The normalized spacial score (nSPS) is 21.1. The Morgan fingerprint density at radius 3 is 2.67 bits per heavy atom. The van der Waals surface area contributed by atoms with Crippen LogP contribution in [0.15, 0.2) is 11.1 Å². The van der Waals surface area contributed by atoms with Crippen LogP contribution >= 0.6 is 11.8 Å². The zero-order chi connectivity index (χ0) is 9.19. The molecule has 68 valence electrons. The highest BCUT2D eigenvalue weighted by Crippen LogP contribution is 2.22. The van der Waals surface area contributed by atoms with Gasteiger partial charge in [0.25, 0.3) is 5.78 Å². The molecule has 1 N–H and O–H groups in total. The lowest BCUT2D eigenvalue weighted by Crippen LogP contribution is -2.21. The molecule has 1 rings (SSSR count). The summed E-state index contributed by atoms with van der Waals surface area (Å²) in [5, 5.41) is 2.97. The molecule has 0 atom stereocenters. The lowest BCUT2D eigenvalue weighted by Gasteiger charge is -2.01. The van der Waals surface area contributed by atoms with Crippen LogP contribution < -0.4 is 5.32 Å². The van der Waals surface area contributed by atoms with Crippen molar-refractivity contribution in [1.29, 1.82) is 0 Å². The van der Waals surface area contributed by atoms with Crippen LogP contribution in [0.4, 0.5) is 13.2 Å². The Kier molecular flexibility index (Phi) is 2.66. The van der Waals surface area contributed by atoms with Crippen molar-refractivity contribution in [2.75, 3.05) is 12.3 Å². The molecule has 0 bridgehead atoms. The molecule has 0 spiro atoms. The molecule has 0 aromatic heterocycles. The fraction of sp³-hybridized carbons (Fsp3) is 0.500. The van der Waals surface area contributed by atoms with Crippen LogP contribution in [0.1, 0.15) is 0 Å². The highest BCUT2D eigenvalue weighted by atomic mass is 32.2. The van der Waals surface area contributed by atoms with Gasteiger partial charge in [-0.1, -0.05) is 0 Å². The number of carbonyl (C=O) groups is 1. The van der Waals surface area contributed by atoms with E-state index in [1.54, 1.807) is 0 Å². The Morgan fingerprint density at radius 2 is 2.25 bits per heavy atom. The minimum absolute atomic E-state index is 0.303. The van der Waals surface area contributed by atoms with Crippen LogP contribution in [-0.2, 0) is 4.79 Å². The summed E-state index contributed by atoms with van der Waals surface area (Å²) >= 11 is 1.22. The van der Waals surface area contributed by atoms with Gasteiger partial charge in [0.15, 0.2) is 0 Å². The van der Waals surface area contributed by atoms with E-state index in [-0.39, 0.29) is 0 Å². The van der Waals surface area contributed by atoms with Gasteiger partial charge in [-0.25, -0.2) is 0 Å². The predicted molar refractivity (Wildman–Crippen MR) is 39.6 cm³/mol. The minimum Gasteiger partial charge on any atom is -0.379 e. The third-order valence-corrected chi connectivity index (χ3v) is 2.18. The average molecular weight is 197 g/mol. The number of rotatable bonds is 1.